The van der Waals surface area contributed by atoms with Gasteiger partial charge in [0.05, 0.1) is 11.6 Å². The highest BCUT2D eigenvalue weighted by atomic mass is 32.1. The third-order valence-electron chi connectivity index (χ3n) is 3.66. The topological polar surface area (TPSA) is 62.7 Å². The van der Waals surface area contributed by atoms with E-state index >= 15 is 0 Å². The summed E-state index contributed by atoms with van der Waals surface area (Å²) >= 11 is 1.13. The van der Waals surface area contributed by atoms with Crippen LogP contribution in [-0.2, 0) is 12.8 Å². The number of anilines is 1. The van der Waals surface area contributed by atoms with Gasteiger partial charge in [0.25, 0.3) is 0 Å². The zero-order valence-corrected chi connectivity index (χ0v) is 11.1. The molecule has 1 aliphatic carbocycles. The van der Waals surface area contributed by atoms with E-state index in [-0.39, 0.29) is 12.8 Å². The van der Waals surface area contributed by atoms with Crippen LogP contribution in [0.15, 0.2) is 6.07 Å². The number of fused-ring (bicyclic) bond motifs is 2. The minimum Gasteiger partial charge on any atom is -0.396 e. The average Bonchev–Trinajstić information content (AvgIpc) is 2.71. The number of alkyl halides is 3. The maximum absolute atomic E-state index is 12.8. The molecule has 0 saturated heterocycles. The minimum atomic E-state index is -4.18. The molecular formula is C13H10F3N3S. The van der Waals surface area contributed by atoms with E-state index in [4.69, 9.17) is 11.0 Å². The Morgan fingerprint density at radius 1 is 1.45 bits per heavy atom. The Hall–Kier alpha value is -1.81. The Morgan fingerprint density at radius 3 is 2.85 bits per heavy atom. The number of thiophene rings is 1. The van der Waals surface area contributed by atoms with Crippen LogP contribution in [0.25, 0.3) is 10.2 Å². The molecule has 3 nitrogen and oxygen atoms in total. The number of halogens is 3. The fourth-order valence-electron chi connectivity index (χ4n) is 2.54. The maximum atomic E-state index is 12.8. The van der Waals surface area contributed by atoms with Crippen molar-refractivity contribution in [2.75, 3.05) is 5.73 Å². The lowest BCUT2D eigenvalue weighted by atomic mass is 9.86. The molecule has 0 spiro atoms. The van der Waals surface area contributed by atoms with Crippen LogP contribution in [0, 0.1) is 17.2 Å². The van der Waals surface area contributed by atoms with Crippen molar-refractivity contribution in [3.8, 4) is 6.07 Å². The first-order valence-corrected chi connectivity index (χ1v) is 6.89. The second-order valence-corrected chi connectivity index (χ2v) is 5.88. The molecule has 104 valence electrons. The van der Waals surface area contributed by atoms with Gasteiger partial charge in [-0.1, -0.05) is 0 Å². The van der Waals surface area contributed by atoms with Crippen molar-refractivity contribution >= 4 is 27.2 Å². The van der Waals surface area contributed by atoms with E-state index in [1.807, 2.05) is 6.07 Å². The molecule has 1 aliphatic rings. The molecular weight excluding hydrogens is 287 g/mol. The Kier molecular flexibility index (Phi) is 2.87. The number of nitrogen functional groups attached to an aromatic ring is 1. The van der Waals surface area contributed by atoms with Crippen LogP contribution in [0.1, 0.15) is 22.6 Å². The molecule has 0 saturated carbocycles. The number of hydrogen-bond acceptors (Lipinski definition) is 4. The summed E-state index contributed by atoms with van der Waals surface area (Å²) in [5.41, 5.74) is 7.52. The number of nitrogens with two attached hydrogens (primary N) is 1. The van der Waals surface area contributed by atoms with Gasteiger partial charge in [0.15, 0.2) is 0 Å². The molecule has 1 atom stereocenters. The second-order valence-electron chi connectivity index (χ2n) is 4.88. The number of pyridine rings is 1. The first-order valence-electron chi connectivity index (χ1n) is 6.07. The highest BCUT2D eigenvalue weighted by Crippen LogP contribution is 2.39. The average molecular weight is 297 g/mol. The molecule has 2 aromatic heterocycles. The smallest absolute Gasteiger partial charge is 0.392 e. The van der Waals surface area contributed by atoms with E-state index in [9.17, 15) is 13.2 Å². The number of aryl methyl sites for hydroxylation is 1. The van der Waals surface area contributed by atoms with Crippen LogP contribution in [0.3, 0.4) is 0 Å². The van der Waals surface area contributed by atoms with Crippen LogP contribution < -0.4 is 5.73 Å². The van der Waals surface area contributed by atoms with Crippen LogP contribution in [-0.4, -0.2) is 11.2 Å². The zero-order valence-electron chi connectivity index (χ0n) is 10.3. The van der Waals surface area contributed by atoms with Crippen LogP contribution in [0.2, 0.25) is 0 Å². The van der Waals surface area contributed by atoms with E-state index in [1.54, 1.807) is 6.07 Å². The van der Waals surface area contributed by atoms with Gasteiger partial charge in [-0.05, 0) is 24.5 Å². The van der Waals surface area contributed by atoms with Gasteiger partial charge in [0, 0.05) is 17.5 Å². The number of nitrogens with zero attached hydrogens (tertiary/aromatic N) is 2. The van der Waals surface area contributed by atoms with Gasteiger partial charge in [-0.25, -0.2) is 4.98 Å². The van der Waals surface area contributed by atoms with Crippen LogP contribution >= 0.6 is 11.3 Å². The summed E-state index contributed by atoms with van der Waals surface area (Å²) in [6.07, 6.45) is -3.84. The number of aromatic nitrogens is 1. The number of rotatable bonds is 0. The molecule has 2 N–H and O–H groups in total. The van der Waals surface area contributed by atoms with Gasteiger partial charge in [-0.15, -0.1) is 11.3 Å². The third-order valence-corrected chi connectivity index (χ3v) is 4.68. The molecule has 2 aromatic rings. The van der Waals surface area contributed by atoms with Crippen molar-refractivity contribution < 1.29 is 13.2 Å². The highest BCUT2D eigenvalue weighted by Gasteiger charge is 2.41. The van der Waals surface area contributed by atoms with E-state index in [0.29, 0.717) is 32.9 Å². The molecule has 7 heteroatoms. The molecule has 1 unspecified atom stereocenters. The predicted molar refractivity (Wildman–Crippen MR) is 70.3 cm³/mol. The van der Waals surface area contributed by atoms with E-state index in [1.165, 1.54) is 0 Å². The molecule has 0 fully saturated rings. The summed E-state index contributed by atoms with van der Waals surface area (Å²) < 4.78 is 38.4. The Balaban J connectivity index is 2.08. The van der Waals surface area contributed by atoms with Gasteiger partial charge in [0.2, 0.25) is 0 Å². The van der Waals surface area contributed by atoms with Gasteiger partial charge in [-0.3, -0.25) is 0 Å². The molecule has 0 aromatic carbocycles. The molecule has 0 radical (unpaired) electrons. The third kappa shape index (κ3) is 2.00. The maximum Gasteiger partial charge on any atom is 0.392 e. The first-order chi connectivity index (χ1) is 9.40. The lowest BCUT2D eigenvalue weighted by Crippen LogP contribution is -2.29. The largest absolute Gasteiger partial charge is 0.396 e. The summed E-state index contributed by atoms with van der Waals surface area (Å²) in [6.45, 7) is 0. The molecule has 0 bridgehead atoms. The zero-order chi connectivity index (χ0) is 14.5. The van der Waals surface area contributed by atoms with E-state index in [2.05, 4.69) is 4.98 Å². The van der Waals surface area contributed by atoms with Crippen molar-refractivity contribution in [2.45, 2.75) is 25.4 Å². The number of nitriles is 1. The summed E-state index contributed by atoms with van der Waals surface area (Å²) in [5, 5.41) is 9.61. The molecule has 0 amide bonds. The molecule has 20 heavy (non-hydrogen) atoms. The van der Waals surface area contributed by atoms with Crippen molar-refractivity contribution in [3.05, 3.63) is 22.2 Å². The standard InChI is InChI=1S/C13H10F3N3S/c14-13(15,16)7-2-1-6-3-8-11(18)10(5-17)20-12(8)19-9(6)4-7/h3,7H,1-2,4,18H2. The number of hydrogen-bond donors (Lipinski definition) is 1. The summed E-state index contributed by atoms with van der Waals surface area (Å²) in [4.78, 5) is 5.20. The summed E-state index contributed by atoms with van der Waals surface area (Å²) in [6, 6.07) is 3.77. The Morgan fingerprint density at radius 2 is 2.20 bits per heavy atom. The molecule has 3 rings (SSSR count). The fraction of sp³-hybridized carbons (Fsp3) is 0.385. The van der Waals surface area contributed by atoms with Gasteiger partial charge < -0.3 is 5.73 Å². The molecule has 2 heterocycles. The van der Waals surface area contributed by atoms with Gasteiger partial charge in [0.1, 0.15) is 15.8 Å². The Bertz CT molecular complexity index is 727. The normalized spacial score (nSPS) is 18.8. The minimum absolute atomic E-state index is 0.0822. The second kappa shape index (κ2) is 4.35. The van der Waals surface area contributed by atoms with Crippen molar-refractivity contribution in [1.82, 2.24) is 4.98 Å². The van der Waals surface area contributed by atoms with E-state index in [0.717, 1.165) is 16.9 Å². The Labute approximate surface area is 116 Å². The van der Waals surface area contributed by atoms with Gasteiger partial charge in [-0.2, -0.15) is 18.4 Å². The van der Waals surface area contributed by atoms with Crippen molar-refractivity contribution in [3.63, 3.8) is 0 Å². The summed E-state index contributed by atoms with van der Waals surface area (Å²) in [7, 11) is 0. The highest BCUT2D eigenvalue weighted by molar-refractivity contribution is 7.19. The summed E-state index contributed by atoms with van der Waals surface area (Å²) in [5.74, 6) is -1.33. The lowest BCUT2D eigenvalue weighted by molar-refractivity contribution is -0.177. The lowest BCUT2D eigenvalue weighted by Gasteiger charge is -2.25. The van der Waals surface area contributed by atoms with Crippen LogP contribution in [0.5, 0.6) is 0 Å². The quantitative estimate of drug-likeness (QED) is 0.810. The predicted octanol–water partition coefficient (Wildman–Crippen LogP) is 3.42. The van der Waals surface area contributed by atoms with Crippen LogP contribution in [0.4, 0.5) is 18.9 Å². The van der Waals surface area contributed by atoms with Gasteiger partial charge >= 0.3 is 6.18 Å². The van der Waals surface area contributed by atoms with Crippen molar-refractivity contribution in [2.24, 2.45) is 5.92 Å². The fourth-order valence-corrected chi connectivity index (χ4v) is 3.43. The van der Waals surface area contributed by atoms with Crippen molar-refractivity contribution in [1.29, 1.82) is 5.26 Å². The first kappa shape index (κ1) is 13.2. The van der Waals surface area contributed by atoms with E-state index < -0.39 is 12.1 Å². The monoisotopic (exact) mass is 297 g/mol. The SMILES string of the molecule is N#Cc1sc2nc3c(cc2c1N)CCC(C(F)(F)F)C3. The molecule has 0 aliphatic heterocycles.